The van der Waals surface area contributed by atoms with Crippen LogP contribution in [-0.2, 0) is 9.47 Å². The average Bonchev–Trinajstić information content (AvgIpc) is 3.30. The molecule has 0 amide bonds. The summed E-state index contributed by atoms with van der Waals surface area (Å²) >= 11 is 0. The number of hydrogen-bond donors (Lipinski definition) is 2. The highest BCUT2D eigenvalue weighted by atomic mass is 127. The second-order valence-electron chi connectivity index (χ2n) is 8.46. The molecular formula is C24H41IN4O2. The van der Waals surface area contributed by atoms with Gasteiger partial charge in [-0.15, -0.1) is 24.0 Å². The number of benzene rings is 1. The van der Waals surface area contributed by atoms with E-state index in [0.717, 1.165) is 84.2 Å². The summed E-state index contributed by atoms with van der Waals surface area (Å²) in [7, 11) is 0. The van der Waals surface area contributed by atoms with Crippen LogP contribution in [0, 0.1) is 5.92 Å². The summed E-state index contributed by atoms with van der Waals surface area (Å²) in [6.07, 6.45) is 4.38. The minimum Gasteiger partial charge on any atom is -0.381 e. The molecule has 3 rings (SSSR count). The van der Waals surface area contributed by atoms with Gasteiger partial charge in [0.05, 0.1) is 13.2 Å². The van der Waals surface area contributed by atoms with Crippen molar-refractivity contribution < 1.29 is 9.47 Å². The Kier molecular flexibility index (Phi) is 12.8. The van der Waals surface area contributed by atoms with Gasteiger partial charge in [-0.1, -0.05) is 30.3 Å². The Morgan fingerprint density at radius 2 is 2.00 bits per heavy atom. The Morgan fingerprint density at radius 3 is 2.68 bits per heavy atom. The van der Waals surface area contributed by atoms with E-state index >= 15 is 0 Å². The molecule has 0 aromatic heterocycles. The van der Waals surface area contributed by atoms with Gasteiger partial charge in [0.25, 0.3) is 0 Å². The van der Waals surface area contributed by atoms with Gasteiger partial charge in [-0.2, -0.15) is 0 Å². The van der Waals surface area contributed by atoms with E-state index < -0.39 is 0 Å². The van der Waals surface area contributed by atoms with Gasteiger partial charge in [-0.3, -0.25) is 9.89 Å². The Hall–Kier alpha value is -0.900. The van der Waals surface area contributed by atoms with E-state index in [1.165, 1.54) is 5.56 Å². The van der Waals surface area contributed by atoms with Crippen molar-refractivity contribution in [1.82, 2.24) is 15.5 Å². The van der Waals surface area contributed by atoms with Gasteiger partial charge in [-0.25, -0.2) is 0 Å². The van der Waals surface area contributed by atoms with Gasteiger partial charge in [0.2, 0.25) is 0 Å². The number of ether oxygens (including phenoxy) is 2. The molecule has 2 atom stereocenters. The molecule has 2 unspecified atom stereocenters. The molecule has 31 heavy (non-hydrogen) atoms. The lowest BCUT2D eigenvalue weighted by molar-refractivity contribution is 0.0893. The first-order chi connectivity index (χ1) is 14.8. The molecule has 0 aliphatic carbocycles. The van der Waals surface area contributed by atoms with Crippen molar-refractivity contribution in [2.75, 3.05) is 52.6 Å². The highest BCUT2D eigenvalue weighted by molar-refractivity contribution is 14.0. The summed E-state index contributed by atoms with van der Waals surface area (Å²) in [5, 5.41) is 7.04. The van der Waals surface area contributed by atoms with E-state index in [1.54, 1.807) is 0 Å². The normalized spacial score (nSPS) is 21.5. The first-order valence-electron chi connectivity index (χ1n) is 11.8. The number of piperidine rings is 1. The van der Waals surface area contributed by atoms with Crippen LogP contribution in [0.1, 0.15) is 51.1 Å². The zero-order valence-corrected chi connectivity index (χ0v) is 21.6. The number of aliphatic imine (C=N–C) groups is 1. The fourth-order valence-corrected chi connectivity index (χ4v) is 4.21. The summed E-state index contributed by atoms with van der Waals surface area (Å²) in [5.74, 6) is 1.53. The molecule has 0 radical (unpaired) electrons. The summed E-state index contributed by atoms with van der Waals surface area (Å²) in [4.78, 5) is 7.34. The first-order valence-corrected chi connectivity index (χ1v) is 11.8. The molecule has 2 aliphatic rings. The van der Waals surface area contributed by atoms with E-state index in [9.17, 15) is 0 Å². The van der Waals surface area contributed by atoms with Crippen LogP contribution in [0.2, 0.25) is 0 Å². The second kappa shape index (κ2) is 15.0. The van der Waals surface area contributed by atoms with Crippen LogP contribution in [0.25, 0.3) is 0 Å². The van der Waals surface area contributed by atoms with Crippen LogP contribution in [0.5, 0.6) is 0 Å². The molecule has 6 nitrogen and oxygen atoms in total. The number of hydrogen-bond acceptors (Lipinski definition) is 4. The lowest BCUT2D eigenvalue weighted by Gasteiger charge is -2.37. The number of likely N-dealkylation sites (tertiary alicyclic amines) is 1. The van der Waals surface area contributed by atoms with Crippen molar-refractivity contribution in [2.45, 2.75) is 51.6 Å². The van der Waals surface area contributed by atoms with Gasteiger partial charge in [0.1, 0.15) is 0 Å². The summed E-state index contributed by atoms with van der Waals surface area (Å²) in [5.41, 5.74) is 1.40. The predicted octanol–water partition coefficient (Wildman–Crippen LogP) is 3.83. The Morgan fingerprint density at radius 1 is 1.23 bits per heavy atom. The van der Waals surface area contributed by atoms with Crippen molar-refractivity contribution in [3.05, 3.63) is 35.9 Å². The SMILES string of the molecule is CCNC(=NCCCOCC1CCOC1)NC1CCN(C(C)c2ccccc2)CC1.I. The minimum atomic E-state index is 0. The monoisotopic (exact) mass is 544 g/mol. The van der Waals surface area contributed by atoms with E-state index in [1.807, 2.05) is 0 Å². The lowest BCUT2D eigenvalue weighted by atomic mass is 10.0. The van der Waals surface area contributed by atoms with Crippen LogP contribution < -0.4 is 10.6 Å². The number of rotatable bonds is 10. The smallest absolute Gasteiger partial charge is 0.191 e. The number of nitrogens with zero attached hydrogens (tertiary/aromatic N) is 2. The van der Waals surface area contributed by atoms with Gasteiger partial charge in [0, 0.05) is 57.4 Å². The maximum atomic E-state index is 5.78. The van der Waals surface area contributed by atoms with Crippen molar-refractivity contribution in [3.8, 4) is 0 Å². The highest BCUT2D eigenvalue weighted by Gasteiger charge is 2.24. The molecule has 1 aromatic carbocycles. The van der Waals surface area contributed by atoms with Gasteiger partial charge < -0.3 is 20.1 Å². The Bertz CT molecular complexity index is 617. The van der Waals surface area contributed by atoms with Crippen molar-refractivity contribution in [3.63, 3.8) is 0 Å². The predicted molar refractivity (Wildman–Crippen MR) is 138 cm³/mol. The van der Waals surface area contributed by atoms with Crippen LogP contribution >= 0.6 is 24.0 Å². The van der Waals surface area contributed by atoms with Crippen LogP contribution in [-0.4, -0.2) is 69.5 Å². The number of guanidine groups is 1. The maximum Gasteiger partial charge on any atom is 0.191 e. The Balaban J connectivity index is 0.00000341. The number of nitrogens with one attached hydrogen (secondary N) is 2. The van der Waals surface area contributed by atoms with E-state index in [0.29, 0.717) is 18.0 Å². The van der Waals surface area contributed by atoms with Crippen molar-refractivity contribution >= 4 is 29.9 Å². The molecule has 2 heterocycles. The molecule has 0 bridgehead atoms. The fraction of sp³-hybridized carbons (Fsp3) is 0.708. The molecule has 2 N–H and O–H groups in total. The molecule has 2 saturated heterocycles. The van der Waals surface area contributed by atoms with Crippen molar-refractivity contribution in [2.24, 2.45) is 10.9 Å². The van der Waals surface area contributed by atoms with Crippen LogP contribution in [0.3, 0.4) is 0 Å². The molecule has 176 valence electrons. The average molecular weight is 545 g/mol. The quantitative estimate of drug-likeness (QED) is 0.203. The van der Waals surface area contributed by atoms with E-state index in [4.69, 9.17) is 14.5 Å². The summed E-state index contributed by atoms with van der Waals surface area (Å²) in [6.45, 7) is 11.7. The molecule has 2 fully saturated rings. The summed E-state index contributed by atoms with van der Waals surface area (Å²) < 4.78 is 11.2. The highest BCUT2D eigenvalue weighted by Crippen LogP contribution is 2.24. The lowest BCUT2D eigenvalue weighted by Crippen LogP contribution is -2.49. The van der Waals surface area contributed by atoms with Gasteiger partial charge in [-0.05, 0) is 45.1 Å². The van der Waals surface area contributed by atoms with Gasteiger partial charge in [0.15, 0.2) is 5.96 Å². The molecular weight excluding hydrogens is 503 g/mol. The molecule has 0 saturated carbocycles. The molecule has 2 aliphatic heterocycles. The van der Waals surface area contributed by atoms with Crippen LogP contribution in [0.15, 0.2) is 35.3 Å². The fourth-order valence-electron chi connectivity index (χ4n) is 4.21. The summed E-state index contributed by atoms with van der Waals surface area (Å²) in [6, 6.07) is 11.8. The standard InChI is InChI=1S/C24H40N4O2.HI/c1-3-25-24(26-13-7-16-29-18-21-12-17-30-19-21)27-23-10-14-28(15-11-23)20(2)22-8-5-4-6-9-22;/h4-6,8-9,20-21,23H,3,7,10-19H2,1-2H3,(H2,25,26,27);1H. The second-order valence-corrected chi connectivity index (χ2v) is 8.46. The van der Waals surface area contributed by atoms with Gasteiger partial charge >= 0.3 is 0 Å². The van der Waals surface area contributed by atoms with Crippen molar-refractivity contribution in [1.29, 1.82) is 0 Å². The number of halogens is 1. The van der Waals surface area contributed by atoms with E-state index in [2.05, 4.69) is 59.7 Å². The molecule has 7 heteroatoms. The third-order valence-corrected chi connectivity index (χ3v) is 6.14. The first kappa shape index (κ1) is 26.4. The largest absolute Gasteiger partial charge is 0.381 e. The Labute approximate surface area is 205 Å². The molecule has 1 aromatic rings. The topological polar surface area (TPSA) is 58.1 Å². The third kappa shape index (κ3) is 9.24. The zero-order chi connectivity index (χ0) is 21.0. The maximum absolute atomic E-state index is 5.78. The molecule has 0 spiro atoms. The van der Waals surface area contributed by atoms with E-state index in [-0.39, 0.29) is 24.0 Å². The third-order valence-electron chi connectivity index (χ3n) is 6.14. The zero-order valence-electron chi connectivity index (χ0n) is 19.2. The minimum absolute atomic E-state index is 0. The van der Waals surface area contributed by atoms with Crippen LogP contribution in [0.4, 0.5) is 0 Å².